The summed E-state index contributed by atoms with van der Waals surface area (Å²) in [6.07, 6.45) is 1.29. The van der Waals surface area contributed by atoms with Gasteiger partial charge in [0.05, 0.1) is 6.26 Å². The van der Waals surface area contributed by atoms with E-state index < -0.39 is 10.0 Å². The molecule has 1 aliphatic rings. The topological polar surface area (TPSA) is 37.4 Å². The van der Waals surface area contributed by atoms with E-state index in [0.29, 0.717) is 24.9 Å². The maximum atomic E-state index is 11.3. The Labute approximate surface area is 87.5 Å². The van der Waals surface area contributed by atoms with E-state index in [4.69, 9.17) is 0 Å². The molecule has 3 nitrogen and oxygen atoms in total. The molecule has 0 N–H and O–H groups in total. The monoisotopic (exact) mass is 219 g/mol. The van der Waals surface area contributed by atoms with Gasteiger partial charge in [0, 0.05) is 18.5 Å². The highest BCUT2D eigenvalue weighted by molar-refractivity contribution is 7.88. The van der Waals surface area contributed by atoms with E-state index >= 15 is 0 Å². The second-order valence-electron chi connectivity index (χ2n) is 5.07. The molecule has 84 valence electrons. The molecule has 0 amide bonds. The maximum Gasteiger partial charge on any atom is 0.211 e. The van der Waals surface area contributed by atoms with E-state index in [1.165, 1.54) is 6.26 Å². The molecule has 0 bridgehead atoms. The zero-order chi connectivity index (χ0) is 11.1. The van der Waals surface area contributed by atoms with Crippen molar-refractivity contribution in [2.75, 3.05) is 19.3 Å². The van der Waals surface area contributed by atoms with Crippen molar-refractivity contribution in [2.45, 2.75) is 27.7 Å². The van der Waals surface area contributed by atoms with Gasteiger partial charge in [0.1, 0.15) is 0 Å². The second kappa shape index (κ2) is 3.49. The molecular formula is C10H21NO2S. The SMILES string of the molecule is CC(C)C1(C(C)C)CN(S(C)(=O)=O)C1. The zero-order valence-corrected chi connectivity index (χ0v) is 10.6. The average molecular weight is 219 g/mol. The van der Waals surface area contributed by atoms with Crippen molar-refractivity contribution >= 4 is 10.0 Å². The molecule has 0 atom stereocenters. The van der Waals surface area contributed by atoms with Crippen LogP contribution in [0.5, 0.6) is 0 Å². The third kappa shape index (κ3) is 1.82. The molecule has 0 radical (unpaired) electrons. The molecule has 1 saturated heterocycles. The highest BCUT2D eigenvalue weighted by atomic mass is 32.2. The van der Waals surface area contributed by atoms with Gasteiger partial charge in [-0.2, -0.15) is 0 Å². The van der Waals surface area contributed by atoms with E-state index in [2.05, 4.69) is 27.7 Å². The Morgan fingerprint density at radius 1 is 1.07 bits per heavy atom. The Hall–Kier alpha value is -0.0900. The van der Waals surface area contributed by atoms with Gasteiger partial charge in [-0.25, -0.2) is 12.7 Å². The first-order valence-corrected chi connectivity index (χ1v) is 7.00. The Morgan fingerprint density at radius 2 is 1.43 bits per heavy atom. The minimum atomic E-state index is -2.97. The van der Waals surface area contributed by atoms with Crippen LogP contribution in [0.25, 0.3) is 0 Å². The molecule has 0 aromatic heterocycles. The normalized spacial score (nSPS) is 22.8. The van der Waals surface area contributed by atoms with Gasteiger partial charge >= 0.3 is 0 Å². The average Bonchev–Trinajstić information content (AvgIpc) is 1.77. The van der Waals surface area contributed by atoms with Crippen LogP contribution >= 0.6 is 0 Å². The van der Waals surface area contributed by atoms with Crippen LogP contribution in [-0.2, 0) is 10.0 Å². The first kappa shape index (κ1) is 12.0. The summed E-state index contributed by atoms with van der Waals surface area (Å²) in [5, 5.41) is 0. The zero-order valence-electron chi connectivity index (χ0n) is 9.74. The molecule has 0 saturated carbocycles. The van der Waals surface area contributed by atoms with Crippen molar-refractivity contribution in [1.82, 2.24) is 4.31 Å². The molecular weight excluding hydrogens is 198 g/mol. The Kier molecular flexibility index (Phi) is 2.99. The first-order valence-electron chi connectivity index (χ1n) is 5.15. The molecule has 0 aromatic carbocycles. The summed E-state index contributed by atoms with van der Waals surface area (Å²) in [6.45, 7) is 10.1. The van der Waals surface area contributed by atoms with Gasteiger partial charge < -0.3 is 0 Å². The predicted molar refractivity (Wildman–Crippen MR) is 58.5 cm³/mol. The van der Waals surface area contributed by atoms with Crippen LogP contribution in [0.2, 0.25) is 0 Å². The largest absolute Gasteiger partial charge is 0.213 e. The Bertz CT molecular complexity index is 290. The lowest BCUT2D eigenvalue weighted by Crippen LogP contribution is -2.62. The van der Waals surface area contributed by atoms with Crippen molar-refractivity contribution in [1.29, 1.82) is 0 Å². The van der Waals surface area contributed by atoms with Gasteiger partial charge in [-0.15, -0.1) is 0 Å². The van der Waals surface area contributed by atoms with Crippen molar-refractivity contribution in [3.8, 4) is 0 Å². The summed E-state index contributed by atoms with van der Waals surface area (Å²) in [5.41, 5.74) is 0.198. The Morgan fingerprint density at radius 3 is 1.64 bits per heavy atom. The molecule has 1 rings (SSSR count). The van der Waals surface area contributed by atoms with Crippen LogP contribution in [0.15, 0.2) is 0 Å². The molecule has 1 heterocycles. The van der Waals surface area contributed by atoms with Crippen molar-refractivity contribution in [2.24, 2.45) is 17.3 Å². The molecule has 0 aliphatic carbocycles. The molecule has 0 spiro atoms. The number of rotatable bonds is 3. The fraction of sp³-hybridized carbons (Fsp3) is 1.00. The molecule has 0 aromatic rings. The van der Waals surface area contributed by atoms with Crippen molar-refractivity contribution < 1.29 is 8.42 Å². The lowest BCUT2D eigenvalue weighted by molar-refractivity contribution is -0.0222. The van der Waals surface area contributed by atoms with E-state index in [9.17, 15) is 8.42 Å². The first-order chi connectivity index (χ1) is 6.20. The predicted octanol–water partition coefficient (Wildman–Crippen LogP) is 1.56. The molecule has 14 heavy (non-hydrogen) atoms. The van der Waals surface area contributed by atoms with E-state index in [0.717, 1.165) is 0 Å². The summed E-state index contributed by atoms with van der Waals surface area (Å²) >= 11 is 0. The number of hydrogen-bond acceptors (Lipinski definition) is 2. The van der Waals surface area contributed by atoms with Crippen LogP contribution in [0, 0.1) is 17.3 Å². The third-order valence-electron chi connectivity index (χ3n) is 3.71. The fourth-order valence-corrected chi connectivity index (χ4v) is 3.19. The minimum absolute atomic E-state index is 0.198. The van der Waals surface area contributed by atoms with Gasteiger partial charge in [-0.1, -0.05) is 27.7 Å². The van der Waals surface area contributed by atoms with Gasteiger partial charge in [0.2, 0.25) is 10.0 Å². The highest BCUT2D eigenvalue weighted by Crippen LogP contribution is 2.45. The molecule has 4 heteroatoms. The summed E-state index contributed by atoms with van der Waals surface area (Å²) in [4.78, 5) is 0. The number of hydrogen-bond donors (Lipinski definition) is 0. The van der Waals surface area contributed by atoms with Gasteiger partial charge in [-0.3, -0.25) is 0 Å². The van der Waals surface area contributed by atoms with E-state index in [1.54, 1.807) is 4.31 Å². The fourth-order valence-electron chi connectivity index (χ4n) is 2.24. The van der Waals surface area contributed by atoms with Crippen LogP contribution in [0.3, 0.4) is 0 Å². The lowest BCUT2D eigenvalue weighted by Gasteiger charge is -2.54. The molecule has 1 aliphatic heterocycles. The highest BCUT2D eigenvalue weighted by Gasteiger charge is 2.50. The van der Waals surface area contributed by atoms with Crippen LogP contribution in [0.1, 0.15) is 27.7 Å². The Balaban J connectivity index is 2.75. The third-order valence-corrected chi connectivity index (χ3v) is 4.91. The van der Waals surface area contributed by atoms with E-state index in [-0.39, 0.29) is 5.41 Å². The summed E-state index contributed by atoms with van der Waals surface area (Å²) < 4.78 is 24.1. The van der Waals surface area contributed by atoms with Gasteiger partial charge in [0.15, 0.2) is 0 Å². The van der Waals surface area contributed by atoms with Crippen molar-refractivity contribution in [3.63, 3.8) is 0 Å². The number of sulfonamides is 1. The summed E-state index contributed by atoms with van der Waals surface area (Å²) in [6, 6.07) is 0. The summed E-state index contributed by atoms with van der Waals surface area (Å²) in [5.74, 6) is 1.08. The van der Waals surface area contributed by atoms with Crippen molar-refractivity contribution in [3.05, 3.63) is 0 Å². The van der Waals surface area contributed by atoms with Gasteiger partial charge in [-0.05, 0) is 11.8 Å². The summed E-state index contributed by atoms with van der Waals surface area (Å²) in [7, 11) is -2.97. The van der Waals surface area contributed by atoms with Crippen LogP contribution < -0.4 is 0 Å². The maximum absolute atomic E-state index is 11.3. The van der Waals surface area contributed by atoms with Gasteiger partial charge in [0.25, 0.3) is 0 Å². The minimum Gasteiger partial charge on any atom is -0.213 e. The second-order valence-corrected chi connectivity index (χ2v) is 7.06. The van der Waals surface area contributed by atoms with Crippen LogP contribution in [0.4, 0.5) is 0 Å². The molecule has 0 unspecified atom stereocenters. The van der Waals surface area contributed by atoms with E-state index in [1.807, 2.05) is 0 Å². The van der Waals surface area contributed by atoms with Crippen LogP contribution in [-0.4, -0.2) is 32.1 Å². The number of nitrogens with zero attached hydrogens (tertiary/aromatic N) is 1. The smallest absolute Gasteiger partial charge is 0.211 e. The standard InChI is InChI=1S/C10H21NO2S/c1-8(2)10(9(3)4)6-11(7-10)14(5,12)13/h8-9H,6-7H2,1-5H3. The lowest BCUT2D eigenvalue weighted by atomic mass is 9.65. The molecule has 1 fully saturated rings. The quantitative estimate of drug-likeness (QED) is 0.722.